The SMILES string of the molecule is N#Cc1ccc(Cn2cn[nH]c2=O)c(F)c1. The van der Waals surface area contributed by atoms with Gasteiger partial charge in [0.25, 0.3) is 0 Å². The molecule has 0 unspecified atom stereocenters. The van der Waals surface area contributed by atoms with Crippen molar-refractivity contribution in [2.24, 2.45) is 0 Å². The summed E-state index contributed by atoms with van der Waals surface area (Å²) < 4.78 is 14.7. The van der Waals surface area contributed by atoms with Crippen LogP contribution in [0.3, 0.4) is 0 Å². The van der Waals surface area contributed by atoms with Crippen molar-refractivity contribution in [1.82, 2.24) is 14.8 Å². The molecule has 0 spiro atoms. The highest BCUT2D eigenvalue weighted by atomic mass is 19.1. The molecule has 80 valence electrons. The molecule has 0 aliphatic heterocycles. The van der Waals surface area contributed by atoms with E-state index in [0.29, 0.717) is 5.56 Å². The Bertz CT molecular complexity index is 608. The fraction of sp³-hybridized carbons (Fsp3) is 0.100. The van der Waals surface area contributed by atoms with Crippen molar-refractivity contribution >= 4 is 0 Å². The van der Waals surface area contributed by atoms with Crippen LogP contribution in [0, 0.1) is 17.1 Å². The predicted molar refractivity (Wildman–Crippen MR) is 53.1 cm³/mol. The maximum absolute atomic E-state index is 13.5. The summed E-state index contributed by atoms with van der Waals surface area (Å²) in [6.07, 6.45) is 1.29. The van der Waals surface area contributed by atoms with Gasteiger partial charge in [0.2, 0.25) is 0 Å². The zero-order valence-electron chi connectivity index (χ0n) is 8.14. The average Bonchev–Trinajstić information content (AvgIpc) is 2.67. The largest absolute Gasteiger partial charge is 0.343 e. The normalized spacial score (nSPS) is 10.0. The molecule has 2 rings (SSSR count). The van der Waals surface area contributed by atoms with Gasteiger partial charge in [-0.25, -0.2) is 14.3 Å². The second-order valence-electron chi connectivity index (χ2n) is 3.21. The fourth-order valence-electron chi connectivity index (χ4n) is 1.31. The third-order valence-corrected chi connectivity index (χ3v) is 2.14. The first-order chi connectivity index (χ1) is 7.70. The summed E-state index contributed by atoms with van der Waals surface area (Å²) in [6.45, 7) is 0.0902. The van der Waals surface area contributed by atoms with E-state index in [1.165, 1.54) is 23.0 Å². The van der Waals surface area contributed by atoms with Gasteiger partial charge < -0.3 is 0 Å². The molecule has 5 nitrogen and oxygen atoms in total. The molecule has 0 amide bonds. The molecule has 0 saturated carbocycles. The Labute approximate surface area is 89.8 Å². The van der Waals surface area contributed by atoms with Crippen LogP contribution < -0.4 is 5.69 Å². The smallest absolute Gasteiger partial charge is 0.277 e. The molecular formula is C10H7FN4O. The van der Waals surface area contributed by atoms with E-state index < -0.39 is 11.5 Å². The van der Waals surface area contributed by atoms with Gasteiger partial charge in [-0.2, -0.15) is 10.4 Å². The Morgan fingerprint density at radius 3 is 2.94 bits per heavy atom. The summed E-state index contributed by atoms with van der Waals surface area (Å²) in [5, 5.41) is 14.3. The van der Waals surface area contributed by atoms with E-state index in [0.717, 1.165) is 6.07 Å². The van der Waals surface area contributed by atoms with Crippen molar-refractivity contribution in [3.05, 3.63) is 52.0 Å². The van der Waals surface area contributed by atoms with Crippen LogP contribution in [-0.4, -0.2) is 14.8 Å². The fourth-order valence-corrected chi connectivity index (χ4v) is 1.31. The van der Waals surface area contributed by atoms with Gasteiger partial charge in [0, 0.05) is 5.56 Å². The highest BCUT2D eigenvalue weighted by Gasteiger charge is 2.05. The highest BCUT2D eigenvalue weighted by molar-refractivity contribution is 5.32. The molecule has 1 N–H and O–H groups in total. The number of hydrogen-bond donors (Lipinski definition) is 1. The maximum atomic E-state index is 13.5. The van der Waals surface area contributed by atoms with E-state index in [4.69, 9.17) is 5.26 Å². The highest BCUT2D eigenvalue weighted by Crippen LogP contribution is 2.10. The van der Waals surface area contributed by atoms with Crippen LogP contribution in [0.2, 0.25) is 0 Å². The number of nitrogens with zero attached hydrogens (tertiary/aromatic N) is 3. The Morgan fingerprint density at radius 1 is 1.56 bits per heavy atom. The van der Waals surface area contributed by atoms with E-state index in [9.17, 15) is 9.18 Å². The van der Waals surface area contributed by atoms with E-state index in [1.807, 2.05) is 6.07 Å². The number of halogens is 1. The number of rotatable bonds is 2. The second kappa shape index (κ2) is 3.98. The van der Waals surface area contributed by atoms with Crippen LogP contribution in [0.5, 0.6) is 0 Å². The molecule has 16 heavy (non-hydrogen) atoms. The predicted octanol–water partition coefficient (Wildman–Crippen LogP) is 0.630. The molecule has 0 saturated heterocycles. The van der Waals surface area contributed by atoms with Gasteiger partial charge in [-0.15, -0.1) is 0 Å². The second-order valence-corrected chi connectivity index (χ2v) is 3.21. The summed E-state index contributed by atoms with van der Waals surface area (Å²) in [5.41, 5.74) is 0.187. The first kappa shape index (κ1) is 10.1. The molecule has 1 aromatic heterocycles. The monoisotopic (exact) mass is 218 g/mol. The minimum atomic E-state index is -0.507. The van der Waals surface area contributed by atoms with Gasteiger partial charge in [-0.05, 0) is 12.1 Å². The number of H-pyrrole nitrogens is 1. The van der Waals surface area contributed by atoms with Crippen molar-refractivity contribution < 1.29 is 4.39 Å². The number of aromatic amines is 1. The minimum absolute atomic E-state index is 0.0902. The van der Waals surface area contributed by atoms with Crippen LogP contribution in [0.4, 0.5) is 4.39 Å². The molecule has 6 heteroatoms. The molecule has 0 aliphatic rings. The number of hydrogen-bond acceptors (Lipinski definition) is 3. The number of benzene rings is 1. The molecule has 1 heterocycles. The average molecular weight is 218 g/mol. The molecule has 2 aromatic rings. The van der Waals surface area contributed by atoms with Crippen molar-refractivity contribution in [2.45, 2.75) is 6.54 Å². The zero-order valence-corrected chi connectivity index (χ0v) is 8.14. The Morgan fingerprint density at radius 2 is 2.38 bits per heavy atom. The van der Waals surface area contributed by atoms with E-state index in [1.54, 1.807) is 0 Å². The van der Waals surface area contributed by atoms with Crippen LogP contribution in [-0.2, 0) is 6.54 Å². The zero-order chi connectivity index (χ0) is 11.5. The third-order valence-electron chi connectivity index (χ3n) is 2.14. The molecule has 0 atom stereocenters. The summed E-state index contributed by atoms with van der Waals surface area (Å²) in [4.78, 5) is 11.1. The van der Waals surface area contributed by atoms with Crippen molar-refractivity contribution in [3.8, 4) is 6.07 Å². The maximum Gasteiger partial charge on any atom is 0.343 e. The van der Waals surface area contributed by atoms with Gasteiger partial charge in [0.05, 0.1) is 18.2 Å². The van der Waals surface area contributed by atoms with E-state index in [-0.39, 0.29) is 12.1 Å². The van der Waals surface area contributed by atoms with Gasteiger partial charge in [-0.3, -0.25) is 4.57 Å². The van der Waals surface area contributed by atoms with Gasteiger partial charge in [0.1, 0.15) is 12.1 Å². The van der Waals surface area contributed by atoms with Gasteiger partial charge in [-0.1, -0.05) is 6.07 Å². The van der Waals surface area contributed by atoms with Gasteiger partial charge in [0.15, 0.2) is 0 Å². The van der Waals surface area contributed by atoms with Crippen molar-refractivity contribution in [1.29, 1.82) is 5.26 Å². The Balaban J connectivity index is 2.33. The number of nitrogens with one attached hydrogen (secondary N) is 1. The quantitative estimate of drug-likeness (QED) is 0.803. The lowest BCUT2D eigenvalue weighted by Gasteiger charge is -2.02. The van der Waals surface area contributed by atoms with Crippen molar-refractivity contribution in [3.63, 3.8) is 0 Å². The summed E-state index contributed by atoms with van der Waals surface area (Å²) in [7, 11) is 0. The summed E-state index contributed by atoms with van der Waals surface area (Å²) in [6, 6.07) is 5.96. The lowest BCUT2D eigenvalue weighted by Crippen LogP contribution is -2.17. The minimum Gasteiger partial charge on any atom is -0.277 e. The van der Waals surface area contributed by atoms with Crippen LogP contribution in [0.1, 0.15) is 11.1 Å². The summed E-state index contributed by atoms with van der Waals surface area (Å²) >= 11 is 0. The standard InChI is InChI=1S/C10H7FN4O/c11-9-3-7(4-12)1-2-8(9)5-15-6-13-14-10(15)16/h1-3,6H,5H2,(H,14,16). The lowest BCUT2D eigenvalue weighted by molar-refractivity contribution is 0.596. The van der Waals surface area contributed by atoms with Crippen LogP contribution in [0.15, 0.2) is 29.3 Å². The summed E-state index contributed by atoms with van der Waals surface area (Å²) in [5.74, 6) is -0.507. The first-order valence-corrected chi connectivity index (χ1v) is 4.49. The van der Waals surface area contributed by atoms with E-state index >= 15 is 0 Å². The van der Waals surface area contributed by atoms with E-state index in [2.05, 4.69) is 10.2 Å². The lowest BCUT2D eigenvalue weighted by atomic mass is 10.1. The van der Waals surface area contributed by atoms with Crippen LogP contribution >= 0.6 is 0 Å². The number of aromatic nitrogens is 3. The molecular weight excluding hydrogens is 211 g/mol. The van der Waals surface area contributed by atoms with Crippen molar-refractivity contribution in [2.75, 3.05) is 0 Å². The molecule has 0 aliphatic carbocycles. The van der Waals surface area contributed by atoms with Gasteiger partial charge >= 0.3 is 5.69 Å². The van der Waals surface area contributed by atoms with Crippen LogP contribution in [0.25, 0.3) is 0 Å². The Kier molecular flexibility index (Phi) is 2.52. The third kappa shape index (κ3) is 1.83. The Hall–Kier alpha value is -2.42. The molecule has 0 fully saturated rings. The topological polar surface area (TPSA) is 74.5 Å². The number of nitriles is 1. The molecule has 0 bridgehead atoms. The molecule has 0 radical (unpaired) electrons. The molecule has 1 aromatic carbocycles. The first-order valence-electron chi connectivity index (χ1n) is 4.49.